The second-order valence-corrected chi connectivity index (χ2v) is 8.56. The van der Waals surface area contributed by atoms with Crippen LogP contribution in [0.25, 0.3) is 21.7 Å². The Morgan fingerprint density at radius 2 is 1.55 bits per heavy atom. The highest BCUT2D eigenvalue weighted by Crippen LogP contribution is 2.31. The number of rotatable bonds is 6. The number of amides is 1. The fraction of sp³-hybridized carbons (Fsp3) is 0.138. The summed E-state index contributed by atoms with van der Waals surface area (Å²) in [6, 6.07) is 30.8. The minimum absolute atomic E-state index is 0.0243. The molecule has 1 atom stereocenters. The third-order valence-corrected chi connectivity index (χ3v) is 6.31. The zero-order valence-electron chi connectivity index (χ0n) is 18.9. The van der Waals surface area contributed by atoms with Crippen LogP contribution in [-0.4, -0.2) is 31.5 Å². The summed E-state index contributed by atoms with van der Waals surface area (Å²) < 4.78 is 0. The Labute approximate surface area is 193 Å². The molecule has 164 valence electrons. The SMILES string of the molecule is CN(C)c1ccc([C@H](CNC(=O)c2cccc3ccccc23)c2c[nH]c3ccccc23)cc1. The maximum Gasteiger partial charge on any atom is 0.251 e. The summed E-state index contributed by atoms with van der Waals surface area (Å²) in [5.41, 5.74) is 5.30. The normalized spacial score (nSPS) is 12.1. The minimum Gasteiger partial charge on any atom is -0.378 e. The summed E-state index contributed by atoms with van der Waals surface area (Å²) in [5, 5.41) is 6.43. The molecule has 5 aromatic rings. The number of anilines is 1. The molecule has 0 fully saturated rings. The molecule has 5 rings (SSSR count). The molecule has 4 nitrogen and oxygen atoms in total. The molecule has 0 aliphatic rings. The first-order valence-electron chi connectivity index (χ1n) is 11.2. The van der Waals surface area contributed by atoms with Crippen LogP contribution >= 0.6 is 0 Å². The lowest BCUT2D eigenvalue weighted by Gasteiger charge is -2.20. The lowest BCUT2D eigenvalue weighted by Crippen LogP contribution is -2.29. The van der Waals surface area contributed by atoms with Crippen molar-refractivity contribution >= 4 is 33.3 Å². The van der Waals surface area contributed by atoms with Crippen molar-refractivity contribution in [2.24, 2.45) is 0 Å². The summed E-state index contributed by atoms with van der Waals surface area (Å²) in [7, 11) is 4.08. The van der Waals surface area contributed by atoms with Gasteiger partial charge in [-0.2, -0.15) is 0 Å². The van der Waals surface area contributed by atoms with Crippen LogP contribution in [0.3, 0.4) is 0 Å². The molecule has 2 N–H and O–H groups in total. The van der Waals surface area contributed by atoms with Crippen molar-refractivity contribution < 1.29 is 4.79 Å². The van der Waals surface area contributed by atoms with Gasteiger partial charge in [0.2, 0.25) is 0 Å². The van der Waals surface area contributed by atoms with Gasteiger partial charge in [-0.3, -0.25) is 4.79 Å². The average molecular weight is 434 g/mol. The van der Waals surface area contributed by atoms with Gasteiger partial charge in [0, 0.05) is 54.9 Å². The molecule has 0 aliphatic carbocycles. The molecule has 1 amide bonds. The fourth-order valence-electron chi connectivity index (χ4n) is 4.51. The van der Waals surface area contributed by atoms with E-state index in [-0.39, 0.29) is 11.8 Å². The highest BCUT2D eigenvalue weighted by molar-refractivity contribution is 6.07. The zero-order valence-corrected chi connectivity index (χ0v) is 18.9. The molecular weight excluding hydrogens is 406 g/mol. The molecule has 0 aliphatic heterocycles. The van der Waals surface area contributed by atoms with Crippen LogP contribution in [0.4, 0.5) is 5.69 Å². The van der Waals surface area contributed by atoms with E-state index in [4.69, 9.17) is 0 Å². The Morgan fingerprint density at radius 3 is 2.33 bits per heavy atom. The van der Waals surface area contributed by atoms with Crippen molar-refractivity contribution in [2.45, 2.75) is 5.92 Å². The van der Waals surface area contributed by atoms with E-state index in [1.165, 1.54) is 16.5 Å². The van der Waals surface area contributed by atoms with E-state index in [0.29, 0.717) is 12.1 Å². The third kappa shape index (κ3) is 4.08. The van der Waals surface area contributed by atoms with Crippen LogP contribution in [0, 0.1) is 0 Å². The average Bonchev–Trinajstić information content (AvgIpc) is 3.28. The van der Waals surface area contributed by atoms with E-state index in [0.717, 1.165) is 22.0 Å². The first-order valence-corrected chi connectivity index (χ1v) is 11.2. The number of fused-ring (bicyclic) bond motifs is 2. The highest BCUT2D eigenvalue weighted by Gasteiger charge is 2.20. The smallest absolute Gasteiger partial charge is 0.251 e. The topological polar surface area (TPSA) is 48.1 Å². The third-order valence-electron chi connectivity index (χ3n) is 6.31. The van der Waals surface area contributed by atoms with E-state index in [2.05, 4.69) is 63.9 Å². The minimum atomic E-state index is -0.0541. The Bertz CT molecular complexity index is 1410. The molecule has 0 saturated carbocycles. The Hall–Kier alpha value is -4.05. The van der Waals surface area contributed by atoms with Gasteiger partial charge in [-0.25, -0.2) is 0 Å². The standard InChI is InChI=1S/C29H27N3O/c1-32(2)22-16-14-21(15-17-22)26(27-19-30-28-13-6-5-11-24(27)28)18-31-29(33)25-12-7-9-20-8-3-4-10-23(20)25/h3-17,19,26,30H,18H2,1-2H3,(H,31,33)/t26-/m0/s1. The Kier molecular flexibility index (Phi) is 5.57. The van der Waals surface area contributed by atoms with Gasteiger partial charge in [0.25, 0.3) is 5.91 Å². The van der Waals surface area contributed by atoms with Gasteiger partial charge in [0.1, 0.15) is 0 Å². The number of aromatic nitrogens is 1. The predicted molar refractivity (Wildman–Crippen MR) is 137 cm³/mol. The number of hydrogen-bond donors (Lipinski definition) is 2. The summed E-state index contributed by atoms with van der Waals surface area (Å²) in [6.07, 6.45) is 2.07. The number of para-hydroxylation sites is 1. The van der Waals surface area contributed by atoms with Crippen molar-refractivity contribution in [2.75, 3.05) is 25.5 Å². The number of nitrogens with one attached hydrogen (secondary N) is 2. The van der Waals surface area contributed by atoms with Crippen molar-refractivity contribution in [3.8, 4) is 0 Å². The van der Waals surface area contributed by atoms with Gasteiger partial charge in [-0.05, 0) is 46.2 Å². The van der Waals surface area contributed by atoms with Gasteiger partial charge < -0.3 is 15.2 Å². The maximum absolute atomic E-state index is 13.2. The summed E-state index contributed by atoms with van der Waals surface area (Å²) in [6.45, 7) is 0.505. The molecule has 4 aromatic carbocycles. The van der Waals surface area contributed by atoms with Crippen LogP contribution in [0.15, 0.2) is 97.2 Å². The van der Waals surface area contributed by atoms with Gasteiger partial charge >= 0.3 is 0 Å². The van der Waals surface area contributed by atoms with Crippen LogP contribution in [0.1, 0.15) is 27.4 Å². The number of benzene rings is 4. The van der Waals surface area contributed by atoms with Crippen molar-refractivity contribution in [1.29, 1.82) is 0 Å². The molecule has 1 heterocycles. The van der Waals surface area contributed by atoms with Gasteiger partial charge in [0.05, 0.1) is 0 Å². The van der Waals surface area contributed by atoms with Crippen molar-refractivity contribution in [3.05, 3.63) is 114 Å². The number of carbonyl (C=O) groups excluding carboxylic acids is 1. The van der Waals surface area contributed by atoms with E-state index in [1.54, 1.807) is 0 Å². The van der Waals surface area contributed by atoms with E-state index in [1.807, 2.05) is 62.6 Å². The largest absolute Gasteiger partial charge is 0.378 e. The molecule has 0 radical (unpaired) electrons. The lowest BCUT2D eigenvalue weighted by atomic mass is 9.90. The second kappa shape index (κ2) is 8.83. The zero-order chi connectivity index (χ0) is 22.8. The fourth-order valence-corrected chi connectivity index (χ4v) is 4.51. The summed E-state index contributed by atoms with van der Waals surface area (Å²) in [5.74, 6) is -0.0298. The molecule has 4 heteroatoms. The van der Waals surface area contributed by atoms with Crippen LogP contribution in [0.2, 0.25) is 0 Å². The van der Waals surface area contributed by atoms with Crippen LogP contribution in [-0.2, 0) is 0 Å². The summed E-state index contributed by atoms with van der Waals surface area (Å²) in [4.78, 5) is 18.7. The first-order chi connectivity index (χ1) is 16.1. The Morgan fingerprint density at radius 1 is 0.848 bits per heavy atom. The maximum atomic E-state index is 13.2. The van der Waals surface area contributed by atoms with Gasteiger partial charge in [0.15, 0.2) is 0 Å². The molecular formula is C29H27N3O. The van der Waals surface area contributed by atoms with Crippen molar-refractivity contribution in [3.63, 3.8) is 0 Å². The lowest BCUT2D eigenvalue weighted by molar-refractivity contribution is 0.0954. The quantitative estimate of drug-likeness (QED) is 0.348. The molecule has 0 saturated heterocycles. The second-order valence-electron chi connectivity index (χ2n) is 8.56. The summed E-state index contributed by atoms with van der Waals surface area (Å²) >= 11 is 0. The van der Waals surface area contributed by atoms with Gasteiger partial charge in [-0.15, -0.1) is 0 Å². The van der Waals surface area contributed by atoms with Gasteiger partial charge in [-0.1, -0.05) is 66.7 Å². The predicted octanol–water partition coefficient (Wildman–Crippen LogP) is 5.95. The molecule has 0 bridgehead atoms. The monoisotopic (exact) mass is 433 g/mol. The number of nitrogens with zero attached hydrogens (tertiary/aromatic N) is 1. The Balaban J connectivity index is 1.48. The molecule has 0 unspecified atom stereocenters. The highest BCUT2D eigenvalue weighted by atomic mass is 16.1. The molecule has 33 heavy (non-hydrogen) atoms. The van der Waals surface area contributed by atoms with E-state index in [9.17, 15) is 4.79 Å². The van der Waals surface area contributed by atoms with Crippen LogP contribution < -0.4 is 10.2 Å². The van der Waals surface area contributed by atoms with Crippen LogP contribution in [0.5, 0.6) is 0 Å². The van der Waals surface area contributed by atoms with Crippen molar-refractivity contribution in [1.82, 2.24) is 10.3 Å². The number of carbonyl (C=O) groups is 1. The number of hydrogen-bond acceptors (Lipinski definition) is 2. The molecule has 0 spiro atoms. The number of aromatic amines is 1. The molecule has 1 aromatic heterocycles. The van der Waals surface area contributed by atoms with E-state index >= 15 is 0 Å². The first kappa shape index (κ1) is 20.8. The number of H-pyrrole nitrogens is 1. The van der Waals surface area contributed by atoms with E-state index < -0.39 is 0 Å².